The molecule has 21 heavy (non-hydrogen) atoms. The van der Waals surface area contributed by atoms with E-state index in [2.05, 4.69) is 40.3 Å². The largest absolute Gasteiger partial charge is 0.377 e. The first-order chi connectivity index (χ1) is 10.0. The van der Waals surface area contributed by atoms with Gasteiger partial charge in [-0.15, -0.1) is 11.3 Å². The van der Waals surface area contributed by atoms with E-state index in [1.807, 2.05) is 24.3 Å². The zero-order valence-electron chi connectivity index (χ0n) is 12.3. The number of fused-ring (bicyclic) bond motifs is 1. The zero-order valence-corrected chi connectivity index (χ0v) is 15.5. The van der Waals surface area contributed by atoms with Crippen molar-refractivity contribution in [3.63, 3.8) is 0 Å². The van der Waals surface area contributed by atoms with Gasteiger partial charge in [-0.1, -0.05) is 11.6 Å². The molecule has 3 rings (SSSR count). The van der Waals surface area contributed by atoms with Crippen LogP contribution in [0.15, 0.2) is 22.7 Å². The van der Waals surface area contributed by atoms with Gasteiger partial charge in [0.1, 0.15) is 0 Å². The first kappa shape index (κ1) is 15.4. The number of benzene rings is 1. The fraction of sp³-hybridized carbons (Fsp3) is 0.412. The molecule has 0 amide bonds. The van der Waals surface area contributed by atoms with Crippen LogP contribution in [0.1, 0.15) is 46.7 Å². The second kappa shape index (κ2) is 6.31. The number of aryl methyl sites for hydroxylation is 3. The molecular formula is C17H19BrClNS. The van der Waals surface area contributed by atoms with Crippen molar-refractivity contribution in [2.45, 2.75) is 45.6 Å². The summed E-state index contributed by atoms with van der Waals surface area (Å²) in [6, 6.07) is 6.76. The minimum Gasteiger partial charge on any atom is -0.377 e. The van der Waals surface area contributed by atoms with Gasteiger partial charge in [-0.3, -0.25) is 0 Å². The summed E-state index contributed by atoms with van der Waals surface area (Å²) in [4.78, 5) is 3.01. The second-order valence-electron chi connectivity index (χ2n) is 5.75. The van der Waals surface area contributed by atoms with Gasteiger partial charge in [0.2, 0.25) is 0 Å². The Morgan fingerprint density at radius 2 is 2.00 bits per heavy atom. The van der Waals surface area contributed by atoms with E-state index in [9.17, 15) is 0 Å². The third-order valence-corrected chi connectivity index (χ3v) is 6.55. The van der Waals surface area contributed by atoms with Crippen molar-refractivity contribution in [1.29, 1.82) is 0 Å². The molecule has 1 N–H and O–H groups in total. The SMILES string of the molecule is Cc1cc(Br)c(NC(C)c2cc3c(s2)CCCC3)cc1Cl. The monoisotopic (exact) mass is 383 g/mol. The Kier molecular flexibility index (Phi) is 4.63. The summed E-state index contributed by atoms with van der Waals surface area (Å²) in [5.41, 5.74) is 3.72. The first-order valence-corrected chi connectivity index (χ1v) is 9.37. The van der Waals surface area contributed by atoms with Crippen LogP contribution in [0, 0.1) is 6.92 Å². The maximum Gasteiger partial charge on any atom is 0.0579 e. The van der Waals surface area contributed by atoms with E-state index in [0.717, 1.165) is 20.7 Å². The Morgan fingerprint density at radius 1 is 1.24 bits per heavy atom. The van der Waals surface area contributed by atoms with Gasteiger partial charge < -0.3 is 5.32 Å². The molecule has 1 aromatic heterocycles. The van der Waals surface area contributed by atoms with Crippen molar-refractivity contribution >= 4 is 44.6 Å². The van der Waals surface area contributed by atoms with Crippen LogP contribution < -0.4 is 5.32 Å². The first-order valence-electron chi connectivity index (χ1n) is 7.38. The fourth-order valence-electron chi connectivity index (χ4n) is 2.79. The van der Waals surface area contributed by atoms with E-state index in [-0.39, 0.29) is 0 Å². The topological polar surface area (TPSA) is 12.0 Å². The molecule has 1 aliphatic rings. The van der Waals surface area contributed by atoms with Crippen molar-refractivity contribution in [2.24, 2.45) is 0 Å². The van der Waals surface area contributed by atoms with Gasteiger partial charge in [0.05, 0.1) is 11.7 Å². The standard InChI is InChI=1S/C17H19BrClNS/c1-10-7-13(18)15(9-14(10)19)20-11(2)17-8-12-5-3-4-6-16(12)21-17/h7-9,11,20H,3-6H2,1-2H3. The van der Waals surface area contributed by atoms with Crippen LogP contribution in [0.3, 0.4) is 0 Å². The number of nitrogens with one attached hydrogen (secondary N) is 1. The zero-order chi connectivity index (χ0) is 15.0. The van der Waals surface area contributed by atoms with Crippen molar-refractivity contribution in [3.05, 3.63) is 48.6 Å². The van der Waals surface area contributed by atoms with Crippen molar-refractivity contribution in [3.8, 4) is 0 Å². The summed E-state index contributed by atoms with van der Waals surface area (Å²) in [6.45, 7) is 4.24. The van der Waals surface area contributed by atoms with Gasteiger partial charge >= 0.3 is 0 Å². The average Bonchev–Trinajstić information content (AvgIpc) is 2.88. The highest BCUT2D eigenvalue weighted by molar-refractivity contribution is 9.10. The Morgan fingerprint density at radius 3 is 2.76 bits per heavy atom. The molecule has 0 aliphatic heterocycles. The normalized spacial score (nSPS) is 15.6. The van der Waals surface area contributed by atoms with Crippen molar-refractivity contribution in [1.82, 2.24) is 0 Å². The summed E-state index contributed by atoms with van der Waals surface area (Å²) in [6.07, 6.45) is 5.18. The van der Waals surface area contributed by atoms with Crippen LogP contribution in [0.4, 0.5) is 5.69 Å². The molecule has 1 heterocycles. The second-order valence-corrected chi connectivity index (χ2v) is 8.18. The lowest BCUT2D eigenvalue weighted by molar-refractivity contribution is 0.696. The summed E-state index contributed by atoms with van der Waals surface area (Å²) >= 11 is 11.8. The number of hydrogen-bond acceptors (Lipinski definition) is 2. The molecule has 2 aromatic rings. The number of rotatable bonds is 3. The van der Waals surface area contributed by atoms with Crippen LogP contribution >= 0.6 is 38.9 Å². The Hall–Kier alpha value is -0.510. The molecule has 1 atom stereocenters. The predicted molar refractivity (Wildman–Crippen MR) is 96.9 cm³/mol. The molecule has 1 aromatic carbocycles. The molecule has 0 radical (unpaired) electrons. The van der Waals surface area contributed by atoms with Gasteiger partial charge in [-0.05, 0) is 84.8 Å². The van der Waals surface area contributed by atoms with Gasteiger partial charge in [0, 0.05) is 19.2 Å². The van der Waals surface area contributed by atoms with Crippen molar-refractivity contribution in [2.75, 3.05) is 5.32 Å². The molecule has 1 nitrogen and oxygen atoms in total. The number of thiophene rings is 1. The average molecular weight is 385 g/mol. The van der Waals surface area contributed by atoms with E-state index in [4.69, 9.17) is 11.6 Å². The minimum absolute atomic E-state index is 0.302. The quantitative estimate of drug-likeness (QED) is 0.634. The van der Waals surface area contributed by atoms with E-state index in [1.54, 1.807) is 10.4 Å². The smallest absolute Gasteiger partial charge is 0.0579 e. The van der Waals surface area contributed by atoms with Gasteiger partial charge in [-0.25, -0.2) is 0 Å². The molecule has 112 valence electrons. The van der Waals surface area contributed by atoms with Crippen LogP contribution in [0.5, 0.6) is 0 Å². The summed E-state index contributed by atoms with van der Waals surface area (Å²) in [5, 5.41) is 4.39. The summed E-state index contributed by atoms with van der Waals surface area (Å²) < 4.78 is 1.07. The van der Waals surface area contributed by atoms with Crippen LogP contribution in [-0.2, 0) is 12.8 Å². The molecule has 0 spiro atoms. The molecule has 0 saturated carbocycles. The molecular weight excluding hydrogens is 366 g/mol. The van der Waals surface area contributed by atoms with E-state index < -0.39 is 0 Å². The highest BCUT2D eigenvalue weighted by atomic mass is 79.9. The number of anilines is 1. The lowest BCUT2D eigenvalue weighted by Crippen LogP contribution is -2.05. The molecule has 0 fully saturated rings. The van der Waals surface area contributed by atoms with Crippen LogP contribution in [0.2, 0.25) is 5.02 Å². The van der Waals surface area contributed by atoms with Gasteiger partial charge in [0.25, 0.3) is 0 Å². The lowest BCUT2D eigenvalue weighted by atomic mass is 9.99. The maximum atomic E-state index is 6.24. The number of hydrogen-bond donors (Lipinski definition) is 1. The number of halogens is 2. The van der Waals surface area contributed by atoms with E-state index >= 15 is 0 Å². The van der Waals surface area contributed by atoms with Crippen molar-refractivity contribution < 1.29 is 0 Å². The third kappa shape index (κ3) is 3.30. The summed E-state index contributed by atoms with van der Waals surface area (Å²) in [7, 11) is 0. The highest BCUT2D eigenvalue weighted by Gasteiger charge is 2.17. The highest BCUT2D eigenvalue weighted by Crippen LogP contribution is 2.36. The Bertz CT molecular complexity index is 642. The third-order valence-electron chi connectivity index (χ3n) is 4.06. The fourth-order valence-corrected chi connectivity index (χ4v) is 4.78. The lowest BCUT2D eigenvalue weighted by Gasteiger charge is -2.16. The predicted octanol–water partition coefficient (Wildman–Crippen LogP) is 6.52. The molecule has 1 aliphatic carbocycles. The summed E-state index contributed by atoms with van der Waals surface area (Å²) in [5.74, 6) is 0. The van der Waals surface area contributed by atoms with Crippen LogP contribution in [0.25, 0.3) is 0 Å². The van der Waals surface area contributed by atoms with Gasteiger partial charge in [0.15, 0.2) is 0 Å². The maximum absolute atomic E-state index is 6.24. The minimum atomic E-state index is 0.302. The molecule has 0 saturated heterocycles. The van der Waals surface area contributed by atoms with E-state index in [1.165, 1.54) is 30.6 Å². The molecule has 0 bridgehead atoms. The Balaban J connectivity index is 1.81. The van der Waals surface area contributed by atoms with Gasteiger partial charge in [-0.2, -0.15) is 0 Å². The van der Waals surface area contributed by atoms with E-state index in [0.29, 0.717) is 6.04 Å². The Labute approximate surface area is 143 Å². The molecule has 4 heteroatoms. The molecule has 1 unspecified atom stereocenters. The van der Waals surface area contributed by atoms with Crippen LogP contribution in [-0.4, -0.2) is 0 Å².